The first-order valence-electron chi connectivity index (χ1n) is 6.12. The van der Waals surface area contributed by atoms with Crippen molar-refractivity contribution in [2.75, 3.05) is 6.54 Å². The SMILES string of the molecule is C=CCN=C(N)NC1CC(c2ccc(F)cc2)C1. The Hall–Kier alpha value is -1.84. The van der Waals surface area contributed by atoms with Crippen LogP contribution in [-0.2, 0) is 0 Å². The standard InChI is InChI=1S/C14H18FN3/c1-2-7-17-14(16)18-13-8-11(9-13)10-3-5-12(15)6-4-10/h2-6,11,13H,1,7-9H2,(H3,16,17,18). The van der Waals surface area contributed by atoms with E-state index in [-0.39, 0.29) is 5.82 Å². The summed E-state index contributed by atoms with van der Waals surface area (Å²) in [6.07, 6.45) is 3.72. The van der Waals surface area contributed by atoms with Crippen LogP contribution in [0.15, 0.2) is 41.9 Å². The summed E-state index contributed by atoms with van der Waals surface area (Å²) in [5.74, 6) is 0.779. The maximum absolute atomic E-state index is 12.8. The van der Waals surface area contributed by atoms with E-state index in [1.165, 1.54) is 17.7 Å². The predicted molar refractivity (Wildman–Crippen MR) is 72.0 cm³/mol. The molecule has 4 heteroatoms. The van der Waals surface area contributed by atoms with Crippen molar-refractivity contribution >= 4 is 5.96 Å². The van der Waals surface area contributed by atoms with Gasteiger partial charge in [-0.15, -0.1) is 6.58 Å². The maximum Gasteiger partial charge on any atom is 0.189 e. The Morgan fingerprint density at radius 2 is 2.11 bits per heavy atom. The van der Waals surface area contributed by atoms with Crippen molar-refractivity contribution < 1.29 is 4.39 Å². The predicted octanol–water partition coefficient (Wildman–Crippen LogP) is 2.16. The van der Waals surface area contributed by atoms with Gasteiger partial charge in [0.25, 0.3) is 0 Å². The summed E-state index contributed by atoms with van der Waals surface area (Å²) in [5.41, 5.74) is 6.91. The molecule has 96 valence electrons. The van der Waals surface area contributed by atoms with Crippen molar-refractivity contribution in [1.29, 1.82) is 0 Å². The van der Waals surface area contributed by atoms with Gasteiger partial charge in [-0.05, 0) is 36.5 Å². The topological polar surface area (TPSA) is 50.4 Å². The number of nitrogens with two attached hydrogens (primary N) is 1. The van der Waals surface area contributed by atoms with Crippen molar-refractivity contribution in [1.82, 2.24) is 5.32 Å². The lowest BCUT2D eigenvalue weighted by Gasteiger charge is -2.36. The maximum atomic E-state index is 12.8. The first-order valence-corrected chi connectivity index (χ1v) is 6.12. The highest BCUT2D eigenvalue weighted by Crippen LogP contribution is 2.36. The quantitative estimate of drug-likeness (QED) is 0.486. The molecule has 0 spiro atoms. The van der Waals surface area contributed by atoms with Gasteiger partial charge in [-0.1, -0.05) is 18.2 Å². The molecule has 0 aromatic heterocycles. The largest absolute Gasteiger partial charge is 0.370 e. The molecule has 1 aromatic rings. The minimum Gasteiger partial charge on any atom is -0.370 e. The molecular weight excluding hydrogens is 229 g/mol. The molecule has 1 saturated carbocycles. The van der Waals surface area contributed by atoms with E-state index >= 15 is 0 Å². The summed E-state index contributed by atoms with van der Waals surface area (Å²) in [4.78, 5) is 4.09. The van der Waals surface area contributed by atoms with Crippen LogP contribution in [0.3, 0.4) is 0 Å². The zero-order chi connectivity index (χ0) is 13.0. The molecule has 0 unspecified atom stereocenters. The first kappa shape index (κ1) is 12.6. The zero-order valence-electron chi connectivity index (χ0n) is 10.3. The van der Waals surface area contributed by atoms with Crippen molar-refractivity contribution in [3.8, 4) is 0 Å². The zero-order valence-corrected chi connectivity index (χ0v) is 10.3. The average Bonchev–Trinajstić information content (AvgIpc) is 2.32. The molecule has 0 heterocycles. The van der Waals surface area contributed by atoms with Crippen LogP contribution < -0.4 is 11.1 Å². The van der Waals surface area contributed by atoms with Gasteiger partial charge in [0, 0.05) is 6.04 Å². The van der Waals surface area contributed by atoms with E-state index in [0.29, 0.717) is 24.5 Å². The van der Waals surface area contributed by atoms with Crippen LogP contribution in [0.5, 0.6) is 0 Å². The van der Waals surface area contributed by atoms with Crippen molar-refractivity contribution in [3.05, 3.63) is 48.3 Å². The second-order valence-electron chi connectivity index (χ2n) is 4.58. The van der Waals surface area contributed by atoms with Crippen molar-refractivity contribution in [3.63, 3.8) is 0 Å². The summed E-state index contributed by atoms with van der Waals surface area (Å²) in [6.45, 7) is 4.12. The van der Waals surface area contributed by atoms with Crippen LogP contribution in [0.2, 0.25) is 0 Å². The Bertz CT molecular complexity index is 433. The highest BCUT2D eigenvalue weighted by molar-refractivity contribution is 5.78. The van der Waals surface area contributed by atoms with Crippen LogP contribution >= 0.6 is 0 Å². The lowest BCUT2D eigenvalue weighted by Crippen LogP contribution is -2.46. The molecule has 3 N–H and O–H groups in total. The third-order valence-electron chi connectivity index (χ3n) is 3.22. The summed E-state index contributed by atoms with van der Waals surface area (Å²) in [7, 11) is 0. The van der Waals surface area contributed by atoms with Gasteiger partial charge in [0.05, 0.1) is 6.54 Å². The Morgan fingerprint density at radius 3 is 2.72 bits per heavy atom. The molecule has 18 heavy (non-hydrogen) atoms. The average molecular weight is 247 g/mol. The second kappa shape index (κ2) is 5.67. The number of halogens is 1. The number of guanidine groups is 1. The third kappa shape index (κ3) is 3.09. The van der Waals surface area contributed by atoms with Gasteiger partial charge in [0.2, 0.25) is 0 Å². The molecule has 1 aliphatic carbocycles. The number of benzene rings is 1. The fraction of sp³-hybridized carbons (Fsp3) is 0.357. The Morgan fingerprint density at radius 1 is 1.44 bits per heavy atom. The second-order valence-corrected chi connectivity index (χ2v) is 4.58. The van der Waals surface area contributed by atoms with E-state index < -0.39 is 0 Å². The van der Waals surface area contributed by atoms with Crippen LogP contribution in [0.25, 0.3) is 0 Å². The van der Waals surface area contributed by atoms with Gasteiger partial charge in [0.1, 0.15) is 5.82 Å². The molecule has 3 nitrogen and oxygen atoms in total. The summed E-state index contributed by atoms with van der Waals surface area (Å²) in [5, 5.41) is 3.17. The molecule has 0 atom stereocenters. The Balaban J connectivity index is 1.80. The molecule has 2 rings (SSSR count). The molecule has 0 aliphatic heterocycles. The number of nitrogens with zero attached hydrogens (tertiary/aromatic N) is 1. The normalized spacial score (nSPS) is 23.3. The fourth-order valence-electron chi connectivity index (χ4n) is 2.16. The third-order valence-corrected chi connectivity index (χ3v) is 3.22. The van der Waals surface area contributed by atoms with Gasteiger partial charge in [-0.3, -0.25) is 0 Å². The molecule has 1 aromatic carbocycles. The monoisotopic (exact) mass is 247 g/mol. The van der Waals surface area contributed by atoms with Crippen molar-refractivity contribution in [2.24, 2.45) is 10.7 Å². The first-order chi connectivity index (χ1) is 8.69. The van der Waals surface area contributed by atoms with E-state index in [4.69, 9.17) is 5.73 Å². The fourth-order valence-corrected chi connectivity index (χ4v) is 2.16. The molecule has 0 amide bonds. The lowest BCUT2D eigenvalue weighted by atomic mass is 9.76. The molecular formula is C14H18FN3. The van der Waals surface area contributed by atoms with Gasteiger partial charge in [-0.25, -0.2) is 9.38 Å². The van der Waals surface area contributed by atoms with Gasteiger partial charge in [0.15, 0.2) is 5.96 Å². The summed E-state index contributed by atoms with van der Waals surface area (Å²) in [6, 6.07) is 7.09. The smallest absolute Gasteiger partial charge is 0.189 e. The Kier molecular flexibility index (Phi) is 3.97. The van der Waals surface area contributed by atoms with Crippen LogP contribution in [0.4, 0.5) is 4.39 Å². The van der Waals surface area contributed by atoms with Crippen LogP contribution in [0, 0.1) is 5.82 Å². The number of nitrogens with one attached hydrogen (secondary N) is 1. The minimum atomic E-state index is -0.187. The molecule has 0 radical (unpaired) electrons. The van der Waals surface area contributed by atoms with Gasteiger partial charge < -0.3 is 11.1 Å². The van der Waals surface area contributed by atoms with Gasteiger partial charge in [-0.2, -0.15) is 0 Å². The molecule has 0 saturated heterocycles. The minimum absolute atomic E-state index is 0.187. The number of aliphatic imine (C=N–C) groups is 1. The van der Waals surface area contributed by atoms with E-state index in [1.54, 1.807) is 6.08 Å². The molecule has 0 bridgehead atoms. The summed E-state index contributed by atoms with van der Waals surface area (Å²) < 4.78 is 12.8. The number of rotatable bonds is 4. The van der Waals surface area contributed by atoms with Crippen molar-refractivity contribution in [2.45, 2.75) is 24.8 Å². The molecule has 1 fully saturated rings. The Labute approximate surface area is 107 Å². The highest BCUT2D eigenvalue weighted by atomic mass is 19.1. The van der Waals surface area contributed by atoms with Gasteiger partial charge >= 0.3 is 0 Å². The van der Waals surface area contributed by atoms with E-state index in [1.807, 2.05) is 12.1 Å². The van der Waals surface area contributed by atoms with E-state index in [0.717, 1.165) is 12.8 Å². The van der Waals surface area contributed by atoms with Crippen LogP contribution in [-0.4, -0.2) is 18.5 Å². The van der Waals surface area contributed by atoms with E-state index in [9.17, 15) is 4.39 Å². The highest BCUT2D eigenvalue weighted by Gasteiger charge is 2.30. The van der Waals surface area contributed by atoms with Crippen LogP contribution in [0.1, 0.15) is 24.3 Å². The van der Waals surface area contributed by atoms with E-state index in [2.05, 4.69) is 16.9 Å². The lowest BCUT2D eigenvalue weighted by molar-refractivity contribution is 0.323. The molecule has 1 aliphatic rings. The number of hydrogen-bond acceptors (Lipinski definition) is 1. The summed E-state index contributed by atoms with van der Waals surface area (Å²) >= 11 is 0. The number of hydrogen-bond donors (Lipinski definition) is 2.